The Hall–Kier alpha value is -1.23. The number of benzene rings is 1. The highest BCUT2D eigenvalue weighted by molar-refractivity contribution is 6.20. The Morgan fingerprint density at radius 3 is 2.42 bits per heavy atom. The van der Waals surface area contributed by atoms with Crippen LogP contribution >= 0.6 is 11.6 Å². The SMILES string of the molecule is CC1CN(C(=O)c2c(F)cc(F)cc2F)CCC1Cl. The van der Waals surface area contributed by atoms with Gasteiger partial charge in [0.05, 0.1) is 0 Å². The van der Waals surface area contributed by atoms with E-state index < -0.39 is 28.9 Å². The van der Waals surface area contributed by atoms with Gasteiger partial charge in [-0.05, 0) is 12.3 Å². The summed E-state index contributed by atoms with van der Waals surface area (Å²) in [6, 6.07) is 1.02. The van der Waals surface area contributed by atoms with Crippen LogP contribution in [0.15, 0.2) is 12.1 Å². The standard InChI is InChI=1S/C13H13ClF3NO/c1-7-6-18(3-2-9(7)14)13(19)12-10(16)4-8(15)5-11(12)17/h4-5,7,9H,2-3,6H2,1H3. The summed E-state index contributed by atoms with van der Waals surface area (Å²) < 4.78 is 39.9. The molecule has 0 spiro atoms. The smallest absolute Gasteiger partial charge is 0.259 e. The Morgan fingerprint density at radius 2 is 1.89 bits per heavy atom. The molecule has 1 amide bonds. The van der Waals surface area contributed by atoms with E-state index in [2.05, 4.69) is 0 Å². The lowest BCUT2D eigenvalue weighted by Gasteiger charge is -2.34. The van der Waals surface area contributed by atoms with Crippen molar-refractivity contribution in [2.24, 2.45) is 5.92 Å². The zero-order chi connectivity index (χ0) is 14.2. The van der Waals surface area contributed by atoms with Gasteiger partial charge in [-0.1, -0.05) is 6.92 Å². The minimum Gasteiger partial charge on any atom is -0.338 e. The number of likely N-dealkylation sites (tertiary alicyclic amines) is 1. The zero-order valence-electron chi connectivity index (χ0n) is 10.3. The van der Waals surface area contributed by atoms with Crippen molar-refractivity contribution in [1.82, 2.24) is 4.90 Å². The number of hydrogen-bond donors (Lipinski definition) is 0. The lowest BCUT2D eigenvalue weighted by Crippen LogP contribution is -2.44. The molecule has 1 aliphatic heterocycles. The van der Waals surface area contributed by atoms with E-state index in [9.17, 15) is 18.0 Å². The first-order valence-corrected chi connectivity index (χ1v) is 6.41. The van der Waals surface area contributed by atoms with Crippen molar-refractivity contribution in [1.29, 1.82) is 0 Å². The maximum Gasteiger partial charge on any atom is 0.259 e. The van der Waals surface area contributed by atoms with Crippen LogP contribution in [-0.4, -0.2) is 29.3 Å². The van der Waals surface area contributed by atoms with E-state index in [4.69, 9.17) is 11.6 Å². The van der Waals surface area contributed by atoms with E-state index in [-0.39, 0.29) is 11.3 Å². The van der Waals surface area contributed by atoms with E-state index in [0.29, 0.717) is 31.6 Å². The average molecular weight is 292 g/mol. The molecule has 19 heavy (non-hydrogen) atoms. The summed E-state index contributed by atoms with van der Waals surface area (Å²) in [6.07, 6.45) is 0.568. The van der Waals surface area contributed by atoms with Crippen molar-refractivity contribution in [3.05, 3.63) is 35.1 Å². The first-order chi connectivity index (χ1) is 8.90. The van der Waals surface area contributed by atoms with E-state index in [1.54, 1.807) is 0 Å². The van der Waals surface area contributed by atoms with Gasteiger partial charge in [-0.25, -0.2) is 13.2 Å². The van der Waals surface area contributed by atoms with E-state index in [1.165, 1.54) is 4.90 Å². The Bertz CT molecular complexity index is 486. The van der Waals surface area contributed by atoms with Gasteiger partial charge in [0.2, 0.25) is 0 Å². The fourth-order valence-corrected chi connectivity index (χ4v) is 2.38. The van der Waals surface area contributed by atoms with Crippen LogP contribution in [0.4, 0.5) is 13.2 Å². The number of carbonyl (C=O) groups excluding carboxylic acids is 1. The molecule has 104 valence electrons. The van der Waals surface area contributed by atoms with Crippen LogP contribution in [-0.2, 0) is 0 Å². The highest BCUT2D eigenvalue weighted by atomic mass is 35.5. The fraction of sp³-hybridized carbons (Fsp3) is 0.462. The second kappa shape index (κ2) is 5.41. The van der Waals surface area contributed by atoms with E-state index in [1.807, 2.05) is 6.92 Å². The first-order valence-electron chi connectivity index (χ1n) is 5.98. The predicted molar refractivity (Wildman–Crippen MR) is 65.6 cm³/mol. The molecule has 2 unspecified atom stereocenters. The van der Waals surface area contributed by atoms with Gasteiger partial charge >= 0.3 is 0 Å². The second-order valence-corrected chi connectivity index (χ2v) is 5.34. The molecule has 1 saturated heterocycles. The Balaban J connectivity index is 2.25. The maximum absolute atomic E-state index is 13.5. The van der Waals surface area contributed by atoms with Crippen LogP contribution in [0.2, 0.25) is 0 Å². The number of carbonyl (C=O) groups is 1. The Morgan fingerprint density at radius 1 is 1.32 bits per heavy atom. The number of alkyl halides is 1. The number of rotatable bonds is 1. The van der Waals surface area contributed by atoms with Crippen LogP contribution in [0.3, 0.4) is 0 Å². The molecule has 0 aliphatic carbocycles. The lowest BCUT2D eigenvalue weighted by molar-refractivity contribution is 0.0677. The topological polar surface area (TPSA) is 20.3 Å². The lowest BCUT2D eigenvalue weighted by atomic mass is 9.98. The van der Waals surface area contributed by atoms with Crippen molar-refractivity contribution in [3.8, 4) is 0 Å². The monoisotopic (exact) mass is 291 g/mol. The molecule has 2 atom stereocenters. The quantitative estimate of drug-likeness (QED) is 0.728. The molecule has 0 saturated carbocycles. The molecule has 1 aliphatic rings. The van der Waals surface area contributed by atoms with Crippen molar-refractivity contribution >= 4 is 17.5 Å². The molecule has 6 heteroatoms. The van der Waals surface area contributed by atoms with Gasteiger partial charge in [-0.15, -0.1) is 11.6 Å². The van der Waals surface area contributed by atoms with Crippen LogP contribution in [0.25, 0.3) is 0 Å². The first kappa shape index (κ1) is 14.2. The summed E-state index contributed by atoms with van der Waals surface area (Å²) in [7, 11) is 0. The number of nitrogens with zero attached hydrogens (tertiary/aromatic N) is 1. The van der Waals surface area contributed by atoms with Gasteiger partial charge < -0.3 is 4.90 Å². The molecule has 1 heterocycles. The highest BCUT2D eigenvalue weighted by Gasteiger charge is 2.30. The van der Waals surface area contributed by atoms with Crippen LogP contribution < -0.4 is 0 Å². The van der Waals surface area contributed by atoms with Crippen LogP contribution in [0.1, 0.15) is 23.7 Å². The van der Waals surface area contributed by atoms with Gasteiger partial charge in [-0.3, -0.25) is 4.79 Å². The van der Waals surface area contributed by atoms with Crippen LogP contribution in [0, 0.1) is 23.4 Å². The predicted octanol–water partition coefficient (Wildman–Crippen LogP) is 3.19. The molecule has 1 fully saturated rings. The number of hydrogen-bond acceptors (Lipinski definition) is 1. The fourth-order valence-electron chi connectivity index (χ4n) is 2.21. The summed E-state index contributed by atoms with van der Waals surface area (Å²) in [4.78, 5) is 13.4. The largest absolute Gasteiger partial charge is 0.338 e. The zero-order valence-corrected chi connectivity index (χ0v) is 11.1. The van der Waals surface area contributed by atoms with Crippen molar-refractivity contribution < 1.29 is 18.0 Å². The molecule has 2 rings (SSSR count). The highest BCUT2D eigenvalue weighted by Crippen LogP contribution is 2.24. The van der Waals surface area contributed by atoms with Crippen molar-refractivity contribution in [3.63, 3.8) is 0 Å². The molecule has 0 bridgehead atoms. The summed E-state index contributed by atoms with van der Waals surface area (Å²) in [6.45, 7) is 2.55. The van der Waals surface area contributed by atoms with Gasteiger partial charge in [-0.2, -0.15) is 0 Å². The minimum absolute atomic E-state index is 0.0472. The minimum atomic E-state index is -1.18. The molecule has 1 aromatic rings. The van der Waals surface area contributed by atoms with Crippen LogP contribution in [0.5, 0.6) is 0 Å². The van der Waals surface area contributed by atoms with Gasteiger partial charge in [0.25, 0.3) is 5.91 Å². The summed E-state index contributed by atoms with van der Waals surface area (Å²) in [5.74, 6) is -4.11. The molecule has 0 N–H and O–H groups in total. The Kier molecular flexibility index (Phi) is 4.04. The van der Waals surface area contributed by atoms with Crippen molar-refractivity contribution in [2.45, 2.75) is 18.7 Å². The molecular formula is C13H13ClF3NO. The maximum atomic E-state index is 13.5. The van der Waals surface area contributed by atoms with Crippen molar-refractivity contribution in [2.75, 3.05) is 13.1 Å². The van der Waals surface area contributed by atoms with E-state index in [0.717, 1.165) is 0 Å². The molecular weight excluding hydrogens is 279 g/mol. The summed E-state index contributed by atoms with van der Waals surface area (Å²) in [5, 5.41) is -0.0491. The number of halogens is 4. The molecule has 0 aromatic heterocycles. The molecule has 0 radical (unpaired) electrons. The van der Waals surface area contributed by atoms with Gasteiger partial charge in [0.15, 0.2) is 0 Å². The molecule has 2 nitrogen and oxygen atoms in total. The third kappa shape index (κ3) is 2.86. The average Bonchev–Trinajstić information content (AvgIpc) is 2.31. The van der Waals surface area contributed by atoms with Gasteiger partial charge in [0.1, 0.15) is 23.0 Å². The summed E-state index contributed by atoms with van der Waals surface area (Å²) in [5.41, 5.74) is -0.707. The Labute approximate surface area is 114 Å². The number of piperidine rings is 1. The second-order valence-electron chi connectivity index (χ2n) is 4.78. The normalized spacial score (nSPS) is 23.5. The number of amides is 1. The van der Waals surface area contributed by atoms with Gasteiger partial charge in [0, 0.05) is 30.6 Å². The summed E-state index contributed by atoms with van der Waals surface area (Å²) >= 11 is 6.03. The third-order valence-electron chi connectivity index (χ3n) is 3.31. The third-order valence-corrected chi connectivity index (χ3v) is 3.96. The molecule has 1 aromatic carbocycles. The van der Waals surface area contributed by atoms with E-state index >= 15 is 0 Å².